The van der Waals surface area contributed by atoms with E-state index in [0.717, 1.165) is 31.7 Å². The SMILES string of the molecule is O=C([C@@H]1C[C@]12CCOc1ccccc12)N1C[C@@H]2C(CF)[C@@H]2C1. The predicted octanol–water partition coefficient (Wildman–Crippen LogP) is 2.40. The summed E-state index contributed by atoms with van der Waals surface area (Å²) < 4.78 is 18.5. The van der Waals surface area contributed by atoms with Crippen molar-refractivity contribution in [2.45, 2.75) is 18.3 Å². The van der Waals surface area contributed by atoms with Crippen LogP contribution in [0, 0.1) is 23.7 Å². The van der Waals surface area contributed by atoms with Gasteiger partial charge >= 0.3 is 0 Å². The Labute approximate surface area is 129 Å². The summed E-state index contributed by atoms with van der Waals surface area (Å²) in [5, 5.41) is 0. The smallest absolute Gasteiger partial charge is 0.226 e. The maximum absolute atomic E-state index is 12.8. The molecule has 0 aromatic heterocycles. The van der Waals surface area contributed by atoms with Crippen molar-refractivity contribution in [2.24, 2.45) is 23.7 Å². The van der Waals surface area contributed by atoms with Crippen molar-refractivity contribution in [3.8, 4) is 5.75 Å². The molecule has 3 fully saturated rings. The highest BCUT2D eigenvalue weighted by Crippen LogP contribution is 2.62. The van der Waals surface area contributed by atoms with Gasteiger partial charge in [-0.3, -0.25) is 9.18 Å². The van der Waals surface area contributed by atoms with Crippen LogP contribution in [0.25, 0.3) is 0 Å². The summed E-state index contributed by atoms with van der Waals surface area (Å²) in [6.07, 6.45) is 1.89. The minimum atomic E-state index is -0.213. The molecule has 1 saturated heterocycles. The number of carbonyl (C=O) groups is 1. The molecule has 3 nitrogen and oxygen atoms in total. The Hall–Kier alpha value is -1.58. The molecular formula is C18H20FNO2. The van der Waals surface area contributed by atoms with Gasteiger partial charge in [0.25, 0.3) is 0 Å². The number of benzene rings is 1. The van der Waals surface area contributed by atoms with Gasteiger partial charge in [-0.25, -0.2) is 0 Å². The van der Waals surface area contributed by atoms with E-state index in [9.17, 15) is 9.18 Å². The average molecular weight is 301 g/mol. The quantitative estimate of drug-likeness (QED) is 0.839. The van der Waals surface area contributed by atoms with Crippen molar-refractivity contribution < 1.29 is 13.9 Å². The van der Waals surface area contributed by atoms with Gasteiger partial charge in [0, 0.05) is 30.0 Å². The summed E-state index contributed by atoms with van der Waals surface area (Å²) >= 11 is 0. The first-order chi connectivity index (χ1) is 10.7. The standard InChI is InChI=1S/C18H20FNO2/c19-8-11-12-9-20(10-13(11)12)17(21)15-7-18(15)5-6-22-16-4-2-1-3-14(16)18/h1-4,11-13,15H,5-10H2/t11?,12-,13+,15-,18-/m0/s1. The second-order valence-electron chi connectivity index (χ2n) is 7.40. The number of para-hydroxylation sites is 1. The van der Waals surface area contributed by atoms with Gasteiger partial charge < -0.3 is 9.64 Å². The molecule has 0 N–H and O–H groups in total. The molecule has 1 unspecified atom stereocenters. The van der Waals surface area contributed by atoms with Crippen molar-refractivity contribution in [1.29, 1.82) is 0 Å². The highest BCUT2D eigenvalue weighted by molar-refractivity contribution is 5.85. The Morgan fingerprint density at radius 2 is 2.09 bits per heavy atom. The van der Waals surface area contributed by atoms with Crippen LogP contribution in [-0.2, 0) is 10.2 Å². The number of ether oxygens (including phenoxy) is 1. The van der Waals surface area contributed by atoms with Crippen LogP contribution in [0.4, 0.5) is 4.39 Å². The molecule has 2 heterocycles. The van der Waals surface area contributed by atoms with Gasteiger partial charge in [-0.2, -0.15) is 0 Å². The first kappa shape index (κ1) is 12.9. The van der Waals surface area contributed by atoms with Gasteiger partial charge in [0.05, 0.1) is 13.3 Å². The monoisotopic (exact) mass is 301 g/mol. The fourth-order valence-electron chi connectivity index (χ4n) is 4.96. The molecule has 1 spiro atoms. The maximum Gasteiger partial charge on any atom is 0.226 e. The maximum atomic E-state index is 12.8. The van der Waals surface area contributed by atoms with E-state index in [2.05, 4.69) is 6.07 Å². The summed E-state index contributed by atoms with van der Waals surface area (Å²) in [6, 6.07) is 8.14. The number of halogens is 1. The number of nitrogens with zero attached hydrogens (tertiary/aromatic N) is 1. The zero-order valence-corrected chi connectivity index (χ0v) is 12.5. The molecule has 5 atom stereocenters. The third kappa shape index (κ3) is 1.58. The van der Waals surface area contributed by atoms with E-state index in [1.807, 2.05) is 23.1 Å². The highest BCUT2D eigenvalue weighted by Gasteiger charge is 2.64. The number of piperidine rings is 1. The Morgan fingerprint density at radius 1 is 1.32 bits per heavy atom. The zero-order valence-electron chi connectivity index (χ0n) is 12.5. The van der Waals surface area contributed by atoms with E-state index in [1.54, 1.807) is 0 Å². The summed E-state index contributed by atoms with van der Waals surface area (Å²) in [7, 11) is 0. The molecule has 5 rings (SSSR count). The Kier molecular flexibility index (Phi) is 2.49. The highest BCUT2D eigenvalue weighted by atomic mass is 19.1. The van der Waals surface area contributed by atoms with Gasteiger partial charge in [0.2, 0.25) is 5.91 Å². The van der Waals surface area contributed by atoms with E-state index < -0.39 is 0 Å². The van der Waals surface area contributed by atoms with Gasteiger partial charge in [-0.1, -0.05) is 18.2 Å². The lowest BCUT2D eigenvalue weighted by atomic mass is 9.87. The first-order valence-electron chi connectivity index (χ1n) is 8.32. The van der Waals surface area contributed by atoms with Crippen LogP contribution >= 0.6 is 0 Å². The van der Waals surface area contributed by atoms with E-state index in [-0.39, 0.29) is 23.9 Å². The molecular weight excluding hydrogens is 281 g/mol. The van der Waals surface area contributed by atoms with E-state index in [1.165, 1.54) is 5.56 Å². The van der Waals surface area contributed by atoms with Crippen LogP contribution < -0.4 is 4.74 Å². The number of fused-ring (bicyclic) bond motifs is 3. The number of rotatable bonds is 2. The molecule has 22 heavy (non-hydrogen) atoms. The number of hydrogen-bond acceptors (Lipinski definition) is 2. The Bertz CT molecular complexity index is 636. The molecule has 4 aliphatic rings. The topological polar surface area (TPSA) is 29.5 Å². The molecule has 2 aliphatic carbocycles. The van der Waals surface area contributed by atoms with Crippen LogP contribution in [0.15, 0.2) is 24.3 Å². The molecule has 116 valence electrons. The predicted molar refractivity (Wildman–Crippen MR) is 79.4 cm³/mol. The molecule has 1 aromatic carbocycles. The van der Waals surface area contributed by atoms with Gasteiger partial charge in [-0.05, 0) is 36.7 Å². The fraction of sp³-hybridized carbons (Fsp3) is 0.611. The van der Waals surface area contributed by atoms with Crippen molar-refractivity contribution >= 4 is 5.91 Å². The fourth-order valence-corrected chi connectivity index (χ4v) is 4.96. The molecule has 1 aromatic rings. The average Bonchev–Trinajstić information content (AvgIpc) is 3.39. The third-order valence-electron chi connectivity index (χ3n) is 6.46. The summed E-state index contributed by atoms with van der Waals surface area (Å²) in [5.41, 5.74) is 1.23. The van der Waals surface area contributed by atoms with Crippen molar-refractivity contribution in [3.63, 3.8) is 0 Å². The number of hydrogen-bond donors (Lipinski definition) is 0. The summed E-state index contributed by atoms with van der Waals surface area (Å²) in [4.78, 5) is 14.8. The third-order valence-corrected chi connectivity index (χ3v) is 6.46. The lowest BCUT2D eigenvalue weighted by Crippen LogP contribution is -2.36. The molecule has 2 aliphatic heterocycles. The number of alkyl halides is 1. The summed E-state index contributed by atoms with van der Waals surface area (Å²) in [5.74, 6) is 2.46. The molecule has 0 radical (unpaired) electrons. The molecule has 1 amide bonds. The first-order valence-corrected chi connectivity index (χ1v) is 8.32. The van der Waals surface area contributed by atoms with Gasteiger partial charge in [0.15, 0.2) is 0 Å². The second kappa shape index (κ2) is 4.24. The van der Waals surface area contributed by atoms with Gasteiger partial charge in [-0.15, -0.1) is 0 Å². The zero-order chi connectivity index (χ0) is 14.9. The number of amides is 1. The summed E-state index contributed by atoms with van der Waals surface area (Å²) in [6.45, 7) is 2.05. The number of likely N-dealkylation sites (tertiary alicyclic amines) is 1. The van der Waals surface area contributed by atoms with Crippen LogP contribution in [0.5, 0.6) is 5.75 Å². The van der Waals surface area contributed by atoms with Crippen molar-refractivity contribution in [3.05, 3.63) is 29.8 Å². The Morgan fingerprint density at radius 3 is 2.86 bits per heavy atom. The molecule has 4 heteroatoms. The minimum absolute atomic E-state index is 0.0121. The van der Waals surface area contributed by atoms with E-state index in [4.69, 9.17) is 4.74 Å². The second-order valence-corrected chi connectivity index (χ2v) is 7.40. The molecule has 2 saturated carbocycles. The largest absolute Gasteiger partial charge is 0.493 e. The van der Waals surface area contributed by atoms with Crippen LogP contribution in [0.1, 0.15) is 18.4 Å². The minimum Gasteiger partial charge on any atom is -0.493 e. The van der Waals surface area contributed by atoms with Crippen molar-refractivity contribution in [1.82, 2.24) is 4.90 Å². The van der Waals surface area contributed by atoms with Crippen LogP contribution in [-0.4, -0.2) is 37.2 Å². The normalized spacial score (nSPS) is 40.9. The Balaban J connectivity index is 1.34. The van der Waals surface area contributed by atoms with E-state index in [0.29, 0.717) is 24.3 Å². The van der Waals surface area contributed by atoms with Crippen molar-refractivity contribution in [2.75, 3.05) is 26.4 Å². The van der Waals surface area contributed by atoms with E-state index >= 15 is 0 Å². The lowest BCUT2D eigenvalue weighted by Gasteiger charge is -2.28. The lowest BCUT2D eigenvalue weighted by molar-refractivity contribution is -0.132. The van der Waals surface area contributed by atoms with Gasteiger partial charge in [0.1, 0.15) is 5.75 Å². The molecule has 0 bridgehead atoms. The van der Waals surface area contributed by atoms with Crippen LogP contribution in [0.2, 0.25) is 0 Å². The van der Waals surface area contributed by atoms with Crippen LogP contribution in [0.3, 0.4) is 0 Å². The number of carbonyl (C=O) groups excluding carboxylic acids is 1.